The van der Waals surface area contributed by atoms with Crippen molar-refractivity contribution >= 4 is 21.4 Å². The Hall–Kier alpha value is -2.41. The van der Waals surface area contributed by atoms with Crippen LogP contribution in [0.2, 0.25) is 0 Å². The monoisotopic (exact) mass is 387 g/mol. The van der Waals surface area contributed by atoms with E-state index in [0.717, 1.165) is 12.2 Å². The summed E-state index contributed by atoms with van der Waals surface area (Å²) in [4.78, 5) is 18.9. The first kappa shape index (κ1) is 19.4. The van der Waals surface area contributed by atoms with Gasteiger partial charge in [0.15, 0.2) is 9.84 Å². The maximum Gasteiger partial charge on any atom is 0.270 e. The summed E-state index contributed by atoms with van der Waals surface area (Å²) in [7, 11) is -3.02. The zero-order valence-corrected chi connectivity index (χ0v) is 16.4. The van der Waals surface area contributed by atoms with Crippen molar-refractivity contribution in [3.05, 3.63) is 59.9 Å². The largest absolute Gasteiger partial charge is 0.364 e. The molecule has 1 aliphatic heterocycles. The summed E-state index contributed by atoms with van der Waals surface area (Å²) in [6.45, 7) is 4.99. The molecule has 2 heterocycles. The molecule has 0 bridgehead atoms. The summed E-state index contributed by atoms with van der Waals surface area (Å²) >= 11 is 0. The van der Waals surface area contributed by atoms with E-state index in [4.69, 9.17) is 0 Å². The SMILES string of the molecule is CC(C)N(Cc1ccccc1)c1ccc(C(=O)NC2CCS(=O)(=O)C2)nc1. The van der Waals surface area contributed by atoms with Gasteiger partial charge in [-0.15, -0.1) is 0 Å². The van der Waals surface area contributed by atoms with E-state index < -0.39 is 9.84 Å². The topological polar surface area (TPSA) is 79.4 Å². The van der Waals surface area contributed by atoms with Gasteiger partial charge in [0, 0.05) is 18.6 Å². The van der Waals surface area contributed by atoms with E-state index in [1.54, 1.807) is 12.3 Å². The van der Waals surface area contributed by atoms with Crippen LogP contribution >= 0.6 is 0 Å². The van der Waals surface area contributed by atoms with Crippen molar-refractivity contribution in [3.63, 3.8) is 0 Å². The quantitative estimate of drug-likeness (QED) is 0.823. The van der Waals surface area contributed by atoms with E-state index in [1.807, 2.05) is 24.3 Å². The summed E-state index contributed by atoms with van der Waals surface area (Å²) in [5.74, 6) is -0.190. The van der Waals surface area contributed by atoms with Gasteiger partial charge in [-0.05, 0) is 38.0 Å². The molecule has 144 valence electrons. The second kappa shape index (κ2) is 8.08. The standard InChI is InChI=1S/C20H25N3O3S/c1-15(2)23(13-16-6-4-3-5-7-16)18-8-9-19(21-12-18)20(24)22-17-10-11-27(25,26)14-17/h3-9,12,15,17H,10-11,13-14H2,1-2H3,(H,22,24). The van der Waals surface area contributed by atoms with Gasteiger partial charge in [0.2, 0.25) is 0 Å². The highest BCUT2D eigenvalue weighted by atomic mass is 32.2. The average molecular weight is 388 g/mol. The Bertz CT molecular complexity index is 880. The van der Waals surface area contributed by atoms with Gasteiger partial charge < -0.3 is 10.2 Å². The van der Waals surface area contributed by atoms with E-state index in [2.05, 4.69) is 41.2 Å². The second-order valence-electron chi connectivity index (χ2n) is 7.18. The van der Waals surface area contributed by atoms with Crippen molar-refractivity contribution in [2.24, 2.45) is 0 Å². The van der Waals surface area contributed by atoms with Crippen LogP contribution in [0.15, 0.2) is 48.7 Å². The summed E-state index contributed by atoms with van der Waals surface area (Å²) in [5, 5.41) is 2.77. The Morgan fingerprint density at radius 3 is 2.52 bits per heavy atom. The number of rotatable bonds is 6. The first-order valence-electron chi connectivity index (χ1n) is 9.12. The lowest BCUT2D eigenvalue weighted by Crippen LogP contribution is -2.36. The van der Waals surface area contributed by atoms with Gasteiger partial charge in [-0.25, -0.2) is 13.4 Å². The van der Waals surface area contributed by atoms with Crippen LogP contribution in [0.3, 0.4) is 0 Å². The van der Waals surface area contributed by atoms with E-state index in [9.17, 15) is 13.2 Å². The van der Waals surface area contributed by atoms with Crippen molar-refractivity contribution in [3.8, 4) is 0 Å². The Morgan fingerprint density at radius 1 is 1.22 bits per heavy atom. The minimum Gasteiger partial charge on any atom is -0.364 e. The van der Waals surface area contributed by atoms with Crippen molar-refractivity contribution in [2.75, 3.05) is 16.4 Å². The highest BCUT2D eigenvalue weighted by Gasteiger charge is 2.29. The fraction of sp³-hybridized carbons (Fsp3) is 0.400. The number of anilines is 1. The summed E-state index contributed by atoms with van der Waals surface area (Å²) in [5.41, 5.74) is 2.44. The number of pyridine rings is 1. The van der Waals surface area contributed by atoms with E-state index >= 15 is 0 Å². The van der Waals surface area contributed by atoms with Gasteiger partial charge in [-0.3, -0.25) is 4.79 Å². The van der Waals surface area contributed by atoms with Crippen LogP contribution in [-0.2, 0) is 16.4 Å². The van der Waals surface area contributed by atoms with E-state index in [0.29, 0.717) is 12.1 Å². The average Bonchev–Trinajstić information content (AvgIpc) is 2.99. The molecule has 1 unspecified atom stereocenters. The van der Waals surface area contributed by atoms with Crippen LogP contribution in [0.4, 0.5) is 5.69 Å². The normalized spacial score (nSPS) is 18.4. The van der Waals surface area contributed by atoms with Crippen molar-refractivity contribution in [2.45, 2.75) is 38.9 Å². The molecule has 1 aliphatic rings. The predicted molar refractivity (Wildman–Crippen MR) is 107 cm³/mol. The summed E-state index contributed by atoms with van der Waals surface area (Å²) in [6.07, 6.45) is 2.16. The Balaban J connectivity index is 1.68. The Kier molecular flexibility index (Phi) is 5.79. The molecule has 6 nitrogen and oxygen atoms in total. The molecule has 0 aliphatic carbocycles. The number of hydrogen-bond acceptors (Lipinski definition) is 5. The van der Waals surface area contributed by atoms with Crippen LogP contribution < -0.4 is 10.2 Å². The molecule has 1 saturated heterocycles. The van der Waals surface area contributed by atoms with E-state index in [-0.39, 0.29) is 29.5 Å². The molecule has 2 aromatic rings. The third-order valence-corrected chi connectivity index (χ3v) is 6.47. The number of nitrogens with one attached hydrogen (secondary N) is 1. The molecule has 3 rings (SSSR count). The van der Waals surface area contributed by atoms with Crippen LogP contribution in [0.1, 0.15) is 36.3 Å². The van der Waals surface area contributed by atoms with Gasteiger partial charge in [0.05, 0.1) is 23.4 Å². The zero-order valence-electron chi connectivity index (χ0n) is 15.6. The zero-order chi connectivity index (χ0) is 19.4. The lowest BCUT2D eigenvalue weighted by molar-refractivity contribution is 0.0936. The molecule has 0 spiro atoms. The molecule has 1 fully saturated rings. The second-order valence-corrected chi connectivity index (χ2v) is 9.41. The summed E-state index contributed by atoms with van der Waals surface area (Å²) < 4.78 is 23.0. The molecule has 1 atom stereocenters. The molecule has 27 heavy (non-hydrogen) atoms. The molecule has 7 heteroatoms. The smallest absolute Gasteiger partial charge is 0.270 e. The number of hydrogen-bond donors (Lipinski definition) is 1. The first-order chi connectivity index (χ1) is 12.8. The number of amides is 1. The third kappa shape index (κ3) is 5.07. The van der Waals surface area contributed by atoms with Crippen molar-refractivity contribution < 1.29 is 13.2 Å². The highest BCUT2D eigenvalue weighted by molar-refractivity contribution is 7.91. The number of aromatic nitrogens is 1. The van der Waals surface area contributed by atoms with Crippen LogP contribution in [-0.4, -0.2) is 42.9 Å². The highest BCUT2D eigenvalue weighted by Crippen LogP contribution is 2.20. The van der Waals surface area contributed by atoms with Crippen LogP contribution in [0.5, 0.6) is 0 Å². The summed E-state index contributed by atoms with van der Waals surface area (Å²) in [6, 6.07) is 13.7. The maximum absolute atomic E-state index is 12.3. The minimum absolute atomic E-state index is 0.00895. The lowest BCUT2D eigenvalue weighted by atomic mass is 10.1. The molecule has 1 aromatic heterocycles. The van der Waals surface area contributed by atoms with Gasteiger partial charge >= 0.3 is 0 Å². The molecule has 1 aromatic carbocycles. The molecular formula is C20H25N3O3S. The van der Waals surface area contributed by atoms with Gasteiger partial charge in [-0.1, -0.05) is 30.3 Å². The minimum atomic E-state index is -3.02. The van der Waals surface area contributed by atoms with Crippen LogP contribution in [0, 0.1) is 0 Å². The molecular weight excluding hydrogens is 362 g/mol. The number of carbonyl (C=O) groups is 1. The van der Waals surface area contributed by atoms with Crippen molar-refractivity contribution in [1.29, 1.82) is 0 Å². The third-order valence-electron chi connectivity index (χ3n) is 4.70. The Labute approximate surface area is 160 Å². The fourth-order valence-corrected chi connectivity index (χ4v) is 4.88. The molecule has 1 amide bonds. The van der Waals surface area contributed by atoms with Crippen molar-refractivity contribution in [1.82, 2.24) is 10.3 Å². The maximum atomic E-state index is 12.3. The number of carbonyl (C=O) groups excluding carboxylic acids is 1. The predicted octanol–water partition coefficient (Wildman–Crippen LogP) is 2.41. The van der Waals surface area contributed by atoms with Gasteiger partial charge in [0.25, 0.3) is 5.91 Å². The molecule has 0 radical (unpaired) electrons. The van der Waals surface area contributed by atoms with E-state index in [1.165, 1.54) is 5.56 Å². The van der Waals surface area contributed by atoms with Crippen LogP contribution in [0.25, 0.3) is 0 Å². The van der Waals surface area contributed by atoms with Gasteiger partial charge in [0.1, 0.15) is 5.69 Å². The first-order valence-corrected chi connectivity index (χ1v) is 10.9. The van der Waals surface area contributed by atoms with Gasteiger partial charge in [-0.2, -0.15) is 0 Å². The fourth-order valence-electron chi connectivity index (χ4n) is 3.21. The number of sulfone groups is 1. The Morgan fingerprint density at radius 2 is 1.96 bits per heavy atom. The number of nitrogens with zero attached hydrogens (tertiary/aromatic N) is 2. The molecule has 1 N–H and O–H groups in total. The molecule has 0 saturated carbocycles. The number of benzene rings is 1. The lowest BCUT2D eigenvalue weighted by Gasteiger charge is -2.29.